The minimum absolute atomic E-state index is 0.00517. The summed E-state index contributed by atoms with van der Waals surface area (Å²) in [5, 5.41) is 14.8. The highest BCUT2D eigenvalue weighted by atomic mass is 35.5. The zero-order valence-corrected chi connectivity index (χ0v) is 21.4. The largest absolute Gasteiger partial charge is 0.329 e. The van der Waals surface area contributed by atoms with Crippen molar-refractivity contribution < 1.29 is 0 Å². The number of H-pyrrole nitrogens is 1. The van der Waals surface area contributed by atoms with Crippen molar-refractivity contribution >= 4 is 11.6 Å². The smallest absolute Gasteiger partial charge is 0.290 e. The van der Waals surface area contributed by atoms with Gasteiger partial charge in [0, 0.05) is 23.9 Å². The first-order valence-corrected chi connectivity index (χ1v) is 13.3. The first-order chi connectivity index (χ1) is 17.7. The molecule has 1 aliphatic carbocycles. The Balaban J connectivity index is 1.42. The SMILES string of the molecule is CCCCc1c(Cl)n(CC2CCCCC2)c(=O)n1Cc1ccc(-c2ncccc2-c2nnn[nH]2)cc1. The van der Waals surface area contributed by atoms with Gasteiger partial charge in [0.1, 0.15) is 5.15 Å². The molecule has 188 valence electrons. The van der Waals surface area contributed by atoms with E-state index < -0.39 is 0 Å². The lowest BCUT2D eigenvalue weighted by molar-refractivity contribution is 0.315. The fourth-order valence-electron chi connectivity index (χ4n) is 5.19. The van der Waals surface area contributed by atoms with Crippen LogP contribution in [0.3, 0.4) is 0 Å². The van der Waals surface area contributed by atoms with Crippen LogP contribution in [0.2, 0.25) is 5.15 Å². The topological polar surface area (TPSA) is 94.3 Å². The molecule has 0 aliphatic heterocycles. The summed E-state index contributed by atoms with van der Waals surface area (Å²) in [4.78, 5) is 18.1. The monoisotopic (exact) mass is 505 g/mol. The van der Waals surface area contributed by atoms with Crippen molar-refractivity contribution in [3.63, 3.8) is 0 Å². The number of rotatable bonds is 9. The molecule has 1 fully saturated rings. The molecule has 0 bridgehead atoms. The molecule has 0 amide bonds. The van der Waals surface area contributed by atoms with E-state index in [0.29, 0.717) is 23.4 Å². The molecule has 0 unspecified atom stereocenters. The Kier molecular flexibility index (Phi) is 7.60. The van der Waals surface area contributed by atoms with Crippen molar-refractivity contribution in [2.24, 2.45) is 5.92 Å². The quantitative estimate of drug-likeness (QED) is 0.323. The molecule has 1 aliphatic rings. The van der Waals surface area contributed by atoms with Gasteiger partial charge in [-0.1, -0.05) is 68.5 Å². The third-order valence-electron chi connectivity index (χ3n) is 7.17. The predicted octanol–water partition coefficient (Wildman–Crippen LogP) is 5.52. The molecule has 0 atom stereocenters. The van der Waals surface area contributed by atoms with Crippen LogP contribution < -0.4 is 5.69 Å². The molecule has 0 radical (unpaired) electrons. The highest BCUT2D eigenvalue weighted by Crippen LogP contribution is 2.29. The summed E-state index contributed by atoms with van der Waals surface area (Å²) in [7, 11) is 0. The van der Waals surface area contributed by atoms with Gasteiger partial charge in [-0.25, -0.2) is 9.89 Å². The van der Waals surface area contributed by atoms with E-state index in [9.17, 15) is 4.79 Å². The van der Waals surface area contributed by atoms with Gasteiger partial charge in [0.05, 0.1) is 17.9 Å². The van der Waals surface area contributed by atoms with Gasteiger partial charge < -0.3 is 0 Å². The van der Waals surface area contributed by atoms with Crippen LogP contribution in [0.25, 0.3) is 22.6 Å². The van der Waals surface area contributed by atoms with Crippen LogP contribution in [0.15, 0.2) is 47.4 Å². The Morgan fingerprint density at radius 3 is 2.61 bits per heavy atom. The van der Waals surface area contributed by atoms with E-state index in [1.807, 2.05) is 33.4 Å². The molecular weight excluding hydrogens is 474 g/mol. The van der Waals surface area contributed by atoms with Crippen LogP contribution in [0.5, 0.6) is 0 Å². The summed E-state index contributed by atoms with van der Waals surface area (Å²) in [6.45, 7) is 3.38. The van der Waals surface area contributed by atoms with Gasteiger partial charge >= 0.3 is 5.69 Å². The second-order valence-electron chi connectivity index (χ2n) is 9.67. The summed E-state index contributed by atoms with van der Waals surface area (Å²) in [6, 6.07) is 12.0. The average molecular weight is 506 g/mol. The van der Waals surface area contributed by atoms with Crippen molar-refractivity contribution in [3.8, 4) is 22.6 Å². The van der Waals surface area contributed by atoms with E-state index in [0.717, 1.165) is 53.9 Å². The molecule has 3 aromatic heterocycles. The lowest BCUT2D eigenvalue weighted by Crippen LogP contribution is -2.28. The van der Waals surface area contributed by atoms with Crippen LogP contribution in [0.1, 0.15) is 63.1 Å². The number of tetrazole rings is 1. The number of hydrogen-bond acceptors (Lipinski definition) is 5. The summed E-state index contributed by atoms with van der Waals surface area (Å²) in [5.41, 5.74) is 4.59. The number of nitrogens with one attached hydrogen (secondary N) is 1. The minimum Gasteiger partial charge on any atom is -0.290 e. The van der Waals surface area contributed by atoms with Crippen LogP contribution in [0.4, 0.5) is 0 Å². The standard InChI is InChI=1S/C27H32ClN7O/c1-2-3-11-23-25(28)35(18-19-8-5-4-6-9-19)27(36)34(23)17-20-12-14-21(15-13-20)24-22(10-7-16-29-24)26-30-32-33-31-26/h7,10,12-16,19H,2-6,8-9,11,17-18H2,1H3,(H,30,31,32,33). The number of halogens is 1. The number of nitrogens with zero attached hydrogens (tertiary/aromatic N) is 6. The van der Waals surface area contributed by atoms with Gasteiger partial charge in [-0.2, -0.15) is 0 Å². The fourth-order valence-corrected chi connectivity index (χ4v) is 5.53. The van der Waals surface area contributed by atoms with Gasteiger partial charge in [0.25, 0.3) is 0 Å². The Morgan fingerprint density at radius 1 is 1.08 bits per heavy atom. The number of unbranched alkanes of at least 4 members (excludes halogenated alkanes) is 1. The summed E-state index contributed by atoms with van der Waals surface area (Å²) >= 11 is 6.84. The van der Waals surface area contributed by atoms with Crippen molar-refractivity contribution in [1.82, 2.24) is 34.7 Å². The second-order valence-corrected chi connectivity index (χ2v) is 10.0. The third kappa shape index (κ3) is 5.14. The van der Waals surface area contributed by atoms with Crippen LogP contribution >= 0.6 is 11.6 Å². The Bertz CT molecular complexity index is 1340. The molecule has 9 heteroatoms. The molecule has 0 saturated heterocycles. The van der Waals surface area contributed by atoms with E-state index >= 15 is 0 Å². The zero-order valence-electron chi connectivity index (χ0n) is 20.7. The maximum absolute atomic E-state index is 13.5. The number of benzene rings is 1. The minimum atomic E-state index is 0.00517. The maximum atomic E-state index is 13.5. The molecule has 36 heavy (non-hydrogen) atoms. The number of hydrogen-bond donors (Lipinski definition) is 1. The number of pyridine rings is 1. The van der Waals surface area contributed by atoms with Gasteiger partial charge in [-0.05, 0) is 59.7 Å². The average Bonchev–Trinajstić information content (AvgIpc) is 3.53. The number of aromatic nitrogens is 7. The van der Waals surface area contributed by atoms with Gasteiger partial charge in [0.2, 0.25) is 0 Å². The molecular formula is C27H32ClN7O. The van der Waals surface area contributed by atoms with Crippen LogP contribution in [0, 0.1) is 5.92 Å². The highest BCUT2D eigenvalue weighted by Gasteiger charge is 2.22. The fraction of sp³-hybridized carbons (Fsp3) is 0.444. The predicted molar refractivity (Wildman–Crippen MR) is 141 cm³/mol. The van der Waals surface area contributed by atoms with Crippen molar-refractivity contribution in [2.75, 3.05) is 0 Å². The van der Waals surface area contributed by atoms with Crippen molar-refractivity contribution in [1.29, 1.82) is 0 Å². The molecule has 3 heterocycles. The lowest BCUT2D eigenvalue weighted by atomic mass is 9.89. The normalized spacial score (nSPS) is 14.4. The number of aromatic amines is 1. The maximum Gasteiger partial charge on any atom is 0.329 e. The Hall–Kier alpha value is -3.26. The van der Waals surface area contributed by atoms with E-state index in [4.69, 9.17) is 11.6 Å². The Morgan fingerprint density at radius 2 is 1.89 bits per heavy atom. The first-order valence-electron chi connectivity index (χ1n) is 12.9. The van der Waals surface area contributed by atoms with Crippen LogP contribution in [-0.2, 0) is 19.5 Å². The molecule has 8 nitrogen and oxygen atoms in total. The van der Waals surface area contributed by atoms with Crippen LogP contribution in [-0.4, -0.2) is 34.7 Å². The van der Waals surface area contributed by atoms with E-state index in [-0.39, 0.29) is 5.69 Å². The molecule has 0 spiro atoms. The first kappa shape index (κ1) is 24.4. The summed E-state index contributed by atoms with van der Waals surface area (Å²) < 4.78 is 3.70. The van der Waals surface area contributed by atoms with Gasteiger partial charge in [0.15, 0.2) is 5.82 Å². The number of imidazole rings is 1. The van der Waals surface area contributed by atoms with Crippen molar-refractivity contribution in [2.45, 2.75) is 71.4 Å². The van der Waals surface area contributed by atoms with E-state index in [1.165, 1.54) is 32.1 Å². The molecule has 5 rings (SSSR count). The molecule has 1 aromatic carbocycles. The highest BCUT2D eigenvalue weighted by molar-refractivity contribution is 6.30. The Labute approximate surface area is 215 Å². The second kappa shape index (κ2) is 11.2. The lowest BCUT2D eigenvalue weighted by Gasteiger charge is -2.21. The third-order valence-corrected chi connectivity index (χ3v) is 7.59. The van der Waals surface area contributed by atoms with Gasteiger partial charge in [-0.3, -0.25) is 14.1 Å². The summed E-state index contributed by atoms with van der Waals surface area (Å²) in [5.74, 6) is 1.11. The van der Waals surface area contributed by atoms with E-state index in [1.54, 1.807) is 6.20 Å². The van der Waals surface area contributed by atoms with Crippen molar-refractivity contribution in [3.05, 3.63) is 69.5 Å². The zero-order chi connectivity index (χ0) is 24.9. The van der Waals surface area contributed by atoms with E-state index in [2.05, 4.69) is 44.7 Å². The molecule has 1 N–H and O–H groups in total. The van der Waals surface area contributed by atoms with Gasteiger partial charge in [-0.15, -0.1) is 5.10 Å². The molecule has 4 aromatic rings. The summed E-state index contributed by atoms with van der Waals surface area (Å²) in [6.07, 6.45) is 10.8. The molecule has 1 saturated carbocycles.